The van der Waals surface area contributed by atoms with Gasteiger partial charge < -0.3 is 25.2 Å². The fourth-order valence-corrected chi connectivity index (χ4v) is 3.01. The van der Waals surface area contributed by atoms with Gasteiger partial charge in [0.15, 0.2) is 0 Å². The molecule has 0 aliphatic carbocycles. The number of aliphatic hydroxyl groups is 1. The van der Waals surface area contributed by atoms with Gasteiger partial charge in [0.1, 0.15) is 6.79 Å². The van der Waals surface area contributed by atoms with E-state index in [-0.39, 0.29) is 12.3 Å². The molecule has 1 amide bonds. The van der Waals surface area contributed by atoms with Crippen molar-refractivity contribution in [2.75, 3.05) is 27.2 Å². The molecular weight excluding hydrogens is 396 g/mol. The minimum atomic E-state index is -0.834. The minimum Gasteiger partial charge on any atom is -0.481 e. The maximum atomic E-state index is 11.8. The molecule has 1 aliphatic rings. The summed E-state index contributed by atoms with van der Waals surface area (Å²) in [7, 11) is 2.75. The molecule has 0 unspecified atom stereocenters. The molecular formula is C24H34N2O5. The van der Waals surface area contributed by atoms with E-state index in [1.54, 1.807) is 7.05 Å². The number of hydrogen-bond acceptors (Lipinski definition) is 5. The quantitative estimate of drug-likeness (QED) is 0.686. The van der Waals surface area contributed by atoms with Crippen LogP contribution in [0.15, 0.2) is 42.5 Å². The van der Waals surface area contributed by atoms with Crippen LogP contribution in [0.4, 0.5) is 0 Å². The van der Waals surface area contributed by atoms with Crippen LogP contribution in [0.2, 0.25) is 0 Å². The van der Waals surface area contributed by atoms with E-state index in [1.165, 1.54) is 16.7 Å². The number of hydrogen-bond donors (Lipinski definition) is 3. The Kier molecular flexibility index (Phi) is 14.2. The summed E-state index contributed by atoms with van der Waals surface area (Å²) in [6.07, 6.45) is 0.857. The SMILES string of the molecule is C=O.CNCC(=O)N1CCc2ccc(CC(=O)O)cc2C1.CO.Cc1ccc(C)cc1. The Bertz CT molecular complexity index is 785. The third-order valence-electron chi connectivity index (χ3n) is 4.54. The topological polar surface area (TPSA) is 107 Å². The van der Waals surface area contributed by atoms with Crippen molar-refractivity contribution in [1.29, 1.82) is 0 Å². The summed E-state index contributed by atoms with van der Waals surface area (Å²) in [6, 6.07) is 14.2. The van der Waals surface area contributed by atoms with Crippen LogP contribution in [0.3, 0.4) is 0 Å². The van der Waals surface area contributed by atoms with Gasteiger partial charge >= 0.3 is 5.97 Å². The number of aliphatic carboxylic acids is 1. The van der Waals surface area contributed by atoms with Crippen molar-refractivity contribution in [1.82, 2.24) is 10.2 Å². The number of carbonyl (C=O) groups is 3. The molecule has 7 heteroatoms. The van der Waals surface area contributed by atoms with Gasteiger partial charge in [0.05, 0.1) is 13.0 Å². The largest absolute Gasteiger partial charge is 0.481 e. The molecule has 0 saturated carbocycles. The van der Waals surface area contributed by atoms with Crippen molar-refractivity contribution in [2.24, 2.45) is 0 Å². The van der Waals surface area contributed by atoms with Gasteiger partial charge in [-0.3, -0.25) is 9.59 Å². The molecule has 0 atom stereocenters. The zero-order chi connectivity index (χ0) is 23.8. The number of nitrogens with zero attached hydrogens (tertiary/aromatic N) is 1. The molecule has 2 aromatic rings. The first-order valence-electron chi connectivity index (χ1n) is 9.90. The molecule has 0 bridgehead atoms. The summed E-state index contributed by atoms with van der Waals surface area (Å²) in [5.41, 5.74) is 5.72. The Morgan fingerprint density at radius 3 is 2.03 bits per heavy atom. The standard InChI is InChI=1S/C14H18N2O3.C8H10.CH4O.CH2O/c1-15-8-13(17)16-5-4-11-3-2-10(7-14(18)19)6-12(11)9-16;1-7-3-5-8(2)6-4-7;2*1-2/h2-3,6,15H,4-5,7-9H2,1H3,(H,18,19);3-6H,1-2H3;2H,1H3;1H2. The first-order chi connectivity index (χ1) is 14.9. The zero-order valence-electron chi connectivity index (χ0n) is 18.9. The second-order valence-corrected chi connectivity index (χ2v) is 6.92. The minimum absolute atomic E-state index is 0.0255. The van der Waals surface area contributed by atoms with E-state index in [2.05, 4.69) is 43.4 Å². The van der Waals surface area contributed by atoms with Gasteiger partial charge in [-0.1, -0.05) is 53.6 Å². The van der Waals surface area contributed by atoms with Crippen molar-refractivity contribution in [3.63, 3.8) is 0 Å². The van der Waals surface area contributed by atoms with Gasteiger partial charge in [-0.25, -0.2) is 0 Å². The van der Waals surface area contributed by atoms with Crippen LogP contribution in [0, 0.1) is 13.8 Å². The molecule has 0 fully saturated rings. The second kappa shape index (κ2) is 15.8. The molecule has 1 heterocycles. The van der Waals surface area contributed by atoms with Crippen LogP contribution in [0.5, 0.6) is 0 Å². The molecule has 1 aliphatic heterocycles. The molecule has 0 radical (unpaired) electrons. The number of likely N-dealkylation sites (N-methyl/N-ethyl adjacent to an activating group) is 1. The average molecular weight is 431 g/mol. The van der Waals surface area contributed by atoms with E-state index in [1.807, 2.05) is 29.9 Å². The molecule has 0 aromatic heterocycles. The number of carboxylic acid groups (broad SMARTS) is 1. The van der Waals surface area contributed by atoms with E-state index in [0.717, 1.165) is 31.2 Å². The Hall–Kier alpha value is -3.03. The number of rotatable bonds is 4. The van der Waals surface area contributed by atoms with E-state index in [4.69, 9.17) is 15.0 Å². The van der Waals surface area contributed by atoms with Crippen molar-refractivity contribution in [3.8, 4) is 0 Å². The van der Waals surface area contributed by atoms with Crippen LogP contribution >= 0.6 is 0 Å². The van der Waals surface area contributed by atoms with E-state index < -0.39 is 5.97 Å². The van der Waals surface area contributed by atoms with E-state index in [0.29, 0.717) is 13.1 Å². The maximum absolute atomic E-state index is 11.8. The predicted octanol–water partition coefficient (Wildman–Crippen LogP) is 2.14. The van der Waals surface area contributed by atoms with E-state index in [9.17, 15) is 9.59 Å². The van der Waals surface area contributed by atoms with Gasteiger partial charge in [0, 0.05) is 20.2 Å². The third-order valence-corrected chi connectivity index (χ3v) is 4.54. The van der Waals surface area contributed by atoms with Crippen molar-refractivity contribution in [3.05, 3.63) is 70.3 Å². The monoisotopic (exact) mass is 430 g/mol. The highest BCUT2D eigenvalue weighted by atomic mass is 16.4. The maximum Gasteiger partial charge on any atom is 0.307 e. The number of nitrogens with one attached hydrogen (secondary N) is 1. The van der Waals surface area contributed by atoms with Crippen molar-refractivity contribution < 1.29 is 24.6 Å². The Balaban J connectivity index is 0.000000625. The highest BCUT2D eigenvalue weighted by Gasteiger charge is 2.20. The lowest BCUT2D eigenvalue weighted by Crippen LogP contribution is -2.40. The van der Waals surface area contributed by atoms with Gasteiger partial charge in [-0.05, 0) is 44.0 Å². The normalized spacial score (nSPS) is 11.3. The molecule has 31 heavy (non-hydrogen) atoms. The molecule has 7 nitrogen and oxygen atoms in total. The van der Waals surface area contributed by atoms with Crippen LogP contribution < -0.4 is 5.32 Å². The number of carbonyl (C=O) groups excluding carboxylic acids is 2. The number of aryl methyl sites for hydroxylation is 2. The van der Waals surface area contributed by atoms with Crippen LogP contribution in [-0.4, -0.2) is 61.0 Å². The van der Waals surface area contributed by atoms with Gasteiger partial charge in [0.2, 0.25) is 5.91 Å². The number of benzene rings is 2. The van der Waals surface area contributed by atoms with Crippen LogP contribution in [-0.2, 0) is 33.8 Å². The molecule has 3 N–H and O–H groups in total. The number of fused-ring (bicyclic) bond motifs is 1. The van der Waals surface area contributed by atoms with Gasteiger partial charge in [0.25, 0.3) is 0 Å². The summed E-state index contributed by atoms with van der Waals surface area (Å²) in [6.45, 7) is 7.83. The summed E-state index contributed by atoms with van der Waals surface area (Å²) in [5, 5.41) is 18.7. The highest BCUT2D eigenvalue weighted by molar-refractivity contribution is 5.78. The number of aliphatic hydroxyl groups excluding tert-OH is 1. The third kappa shape index (κ3) is 10.5. The summed E-state index contributed by atoms with van der Waals surface area (Å²) >= 11 is 0. The molecule has 170 valence electrons. The lowest BCUT2D eigenvalue weighted by atomic mass is 9.96. The highest BCUT2D eigenvalue weighted by Crippen LogP contribution is 2.20. The molecule has 3 rings (SSSR count). The second-order valence-electron chi connectivity index (χ2n) is 6.92. The van der Waals surface area contributed by atoms with Gasteiger partial charge in [-0.2, -0.15) is 0 Å². The summed E-state index contributed by atoms with van der Waals surface area (Å²) in [5.74, 6) is -0.754. The molecule has 0 spiro atoms. The van der Waals surface area contributed by atoms with Crippen molar-refractivity contribution in [2.45, 2.75) is 33.2 Å². The fourth-order valence-electron chi connectivity index (χ4n) is 3.01. The summed E-state index contributed by atoms with van der Waals surface area (Å²) < 4.78 is 0. The van der Waals surface area contributed by atoms with Crippen LogP contribution in [0.25, 0.3) is 0 Å². The fraction of sp³-hybridized carbons (Fsp3) is 0.375. The Morgan fingerprint density at radius 1 is 1.00 bits per heavy atom. The lowest BCUT2D eigenvalue weighted by molar-refractivity contribution is -0.136. The van der Waals surface area contributed by atoms with Gasteiger partial charge in [-0.15, -0.1) is 0 Å². The Morgan fingerprint density at radius 2 is 1.55 bits per heavy atom. The first kappa shape index (κ1) is 28.0. The zero-order valence-corrected chi connectivity index (χ0v) is 18.9. The lowest BCUT2D eigenvalue weighted by Gasteiger charge is -2.29. The smallest absolute Gasteiger partial charge is 0.307 e. The number of carboxylic acids is 1. The number of amides is 1. The average Bonchev–Trinajstić information content (AvgIpc) is 2.78. The first-order valence-corrected chi connectivity index (χ1v) is 9.90. The van der Waals surface area contributed by atoms with Crippen molar-refractivity contribution >= 4 is 18.7 Å². The summed E-state index contributed by atoms with van der Waals surface area (Å²) in [4.78, 5) is 32.4. The predicted molar refractivity (Wildman–Crippen MR) is 122 cm³/mol. The Labute approximate surface area is 184 Å². The van der Waals surface area contributed by atoms with Crippen LogP contribution in [0.1, 0.15) is 27.8 Å². The van der Waals surface area contributed by atoms with E-state index >= 15 is 0 Å². The molecule has 0 saturated heterocycles. The molecule has 2 aromatic carbocycles.